The molecule has 1 aliphatic heterocycles. The first-order valence-corrected chi connectivity index (χ1v) is 12.0. The molecule has 4 rings (SSSR count). The predicted octanol–water partition coefficient (Wildman–Crippen LogP) is 3.28. The quantitative estimate of drug-likeness (QED) is 0.209. The Kier molecular flexibility index (Phi) is 6.13. The molecule has 0 bridgehead atoms. The monoisotopic (exact) mass is 480 g/mol. The number of sulfonamides is 1. The predicted molar refractivity (Wildman–Crippen MR) is 128 cm³/mol. The highest BCUT2D eigenvalue weighted by Crippen LogP contribution is 2.35. The normalized spacial score (nSPS) is 15.2. The Morgan fingerprint density at radius 3 is 2.50 bits per heavy atom. The number of anilines is 1. The van der Waals surface area contributed by atoms with Crippen molar-refractivity contribution in [1.82, 2.24) is 15.2 Å². The first-order chi connectivity index (χ1) is 16.1. The number of H-pyrrole nitrogens is 1. The van der Waals surface area contributed by atoms with Crippen LogP contribution in [-0.2, 0) is 14.8 Å². The number of benzene rings is 2. The summed E-state index contributed by atoms with van der Waals surface area (Å²) >= 11 is 0. The van der Waals surface area contributed by atoms with Crippen molar-refractivity contribution < 1.29 is 23.2 Å². The third-order valence-corrected chi connectivity index (χ3v) is 7.35. The molecule has 2 amide bonds. The van der Waals surface area contributed by atoms with E-state index in [1.807, 2.05) is 30.3 Å². The van der Waals surface area contributed by atoms with Crippen molar-refractivity contribution in [2.24, 2.45) is 0 Å². The van der Waals surface area contributed by atoms with Gasteiger partial charge in [-0.15, -0.1) is 0 Å². The SMILES string of the molecule is Cc1[nH]c(/C=C2/C(=O)Nc3ccc(S(=O)(=O)NC(C)c4ccccc4)cc32)c(C)c1C(=O)NO. The largest absolute Gasteiger partial charge is 0.358 e. The second-order valence-electron chi connectivity index (χ2n) is 8.08. The minimum atomic E-state index is -3.87. The number of aryl methyl sites for hydroxylation is 1. The number of fused-ring (bicyclic) bond motifs is 1. The fourth-order valence-corrected chi connectivity index (χ4v) is 5.31. The Bertz CT molecular complexity index is 1430. The highest BCUT2D eigenvalue weighted by atomic mass is 32.2. The molecular weight excluding hydrogens is 456 g/mol. The molecule has 176 valence electrons. The van der Waals surface area contributed by atoms with E-state index in [4.69, 9.17) is 5.21 Å². The van der Waals surface area contributed by atoms with Gasteiger partial charge in [0.1, 0.15) is 0 Å². The van der Waals surface area contributed by atoms with Crippen LogP contribution in [0.5, 0.6) is 0 Å². The van der Waals surface area contributed by atoms with E-state index in [9.17, 15) is 18.0 Å². The smallest absolute Gasteiger partial charge is 0.276 e. The first kappa shape index (κ1) is 23.4. The van der Waals surface area contributed by atoms with E-state index < -0.39 is 27.9 Å². The number of carbonyl (C=O) groups is 2. The summed E-state index contributed by atoms with van der Waals surface area (Å²) in [5, 5.41) is 11.7. The van der Waals surface area contributed by atoms with Gasteiger partial charge in [-0.1, -0.05) is 30.3 Å². The molecule has 0 saturated heterocycles. The molecule has 0 radical (unpaired) electrons. The van der Waals surface area contributed by atoms with Crippen LogP contribution in [0.3, 0.4) is 0 Å². The molecule has 2 aromatic carbocycles. The van der Waals surface area contributed by atoms with Gasteiger partial charge in [-0.05, 0) is 56.2 Å². The summed E-state index contributed by atoms with van der Waals surface area (Å²) in [5.74, 6) is -1.06. The lowest BCUT2D eigenvalue weighted by molar-refractivity contribution is -0.110. The van der Waals surface area contributed by atoms with Crippen LogP contribution in [0.1, 0.15) is 51.4 Å². The summed E-state index contributed by atoms with van der Waals surface area (Å²) in [7, 11) is -3.87. The Morgan fingerprint density at radius 2 is 1.82 bits per heavy atom. The fourth-order valence-electron chi connectivity index (χ4n) is 4.05. The van der Waals surface area contributed by atoms with Crippen molar-refractivity contribution in [2.75, 3.05) is 5.32 Å². The zero-order valence-corrected chi connectivity index (χ0v) is 19.6. The van der Waals surface area contributed by atoms with Gasteiger partial charge < -0.3 is 10.3 Å². The number of nitrogens with one attached hydrogen (secondary N) is 4. The summed E-state index contributed by atoms with van der Waals surface area (Å²) in [6.45, 7) is 5.11. The van der Waals surface area contributed by atoms with E-state index in [2.05, 4.69) is 15.0 Å². The van der Waals surface area contributed by atoms with Crippen molar-refractivity contribution in [3.8, 4) is 0 Å². The van der Waals surface area contributed by atoms with Gasteiger partial charge in [0.25, 0.3) is 11.8 Å². The van der Waals surface area contributed by atoms with Crippen LogP contribution in [0.4, 0.5) is 5.69 Å². The van der Waals surface area contributed by atoms with E-state index in [1.165, 1.54) is 12.1 Å². The molecule has 1 aromatic heterocycles. The Morgan fingerprint density at radius 1 is 1.12 bits per heavy atom. The Balaban J connectivity index is 1.71. The van der Waals surface area contributed by atoms with Crippen molar-refractivity contribution in [1.29, 1.82) is 0 Å². The minimum Gasteiger partial charge on any atom is -0.358 e. The molecule has 2 heterocycles. The highest BCUT2D eigenvalue weighted by Gasteiger charge is 2.28. The van der Waals surface area contributed by atoms with Gasteiger partial charge in [-0.2, -0.15) is 0 Å². The lowest BCUT2D eigenvalue weighted by Gasteiger charge is -2.15. The van der Waals surface area contributed by atoms with Gasteiger partial charge in [-0.3, -0.25) is 14.8 Å². The van der Waals surface area contributed by atoms with Crippen molar-refractivity contribution in [2.45, 2.75) is 31.7 Å². The van der Waals surface area contributed by atoms with E-state index in [0.29, 0.717) is 28.2 Å². The second kappa shape index (κ2) is 8.90. The van der Waals surface area contributed by atoms with Crippen molar-refractivity contribution in [3.63, 3.8) is 0 Å². The van der Waals surface area contributed by atoms with E-state index in [0.717, 1.165) is 5.56 Å². The minimum absolute atomic E-state index is 0.0242. The maximum Gasteiger partial charge on any atom is 0.276 e. The lowest BCUT2D eigenvalue weighted by atomic mass is 10.0. The van der Waals surface area contributed by atoms with Crippen LogP contribution >= 0.6 is 0 Å². The van der Waals surface area contributed by atoms with Gasteiger partial charge in [0.15, 0.2) is 0 Å². The summed E-state index contributed by atoms with van der Waals surface area (Å²) in [4.78, 5) is 27.7. The topological polar surface area (TPSA) is 140 Å². The molecule has 1 unspecified atom stereocenters. The van der Waals surface area contributed by atoms with Crippen LogP contribution in [0.2, 0.25) is 0 Å². The average Bonchev–Trinajstić information content (AvgIpc) is 3.28. The molecule has 1 aliphatic rings. The molecule has 0 fully saturated rings. The molecule has 34 heavy (non-hydrogen) atoms. The number of carbonyl (C=O) groups excluding carboxylic acids is 2. The maximum absolute atomic E-state index is 13.1. The molecule has 9 nitrogen and oxygen atoms in total. The number of aromatic nitrogens is 1. The summed E-state index contributed by atoms with van der Waals surface area (Å²) in [6, 6.07) is 13.2. The fraction of sp³-hybridized carbons (Fsp3) is 0.167. The number of hydroxylamine groups is 1. The molecule has 0 spiro atoms. The second-order valence-corrected chi connectivity index (χ2v) is 9.79. The van der Waals surface area contributed by atoms with Gasteiger partial charge in [0.05, 0.1) is 16.0 Å². The standard InChI is InChI=1S/C24H24N4O5S/c1-13-21(25-15(3)22(13)24(30)27-31)12-19-18-11-17(9-10-20(18)26-23(19)29)34(32,33)28-14(2)16-7-5-4-6-8-16/h4-12,14,25,28,31H,1-3H3,(H,26,29)(H,27,30)/b19-12+. The molecule has 0 aliphatic carbocycles. The third kappa shape index (κ3) is 4.26. The highest BCUT2D eigenvalue weighted by molar-refractivity contribution is 7.89. The van der Waals surface area contributed by atoms with Crippen molar-refractivity contribution in [3.05, 3.63) is 82.2 Å². The number of aromatic amines is 1. The zero-order chi connectivity index (χ0) is 24.6. The molecule has 5 N–H and O–H groups in total. The molecular formula is C24H24N4O5S. The lowest BCUT2D eigenvalue weighted by Crippen LogP contribution is -2.26. The van der Waals surface area contributed by atoms with E-state index >= 15 is 0 Å². The first-order valence-electron chi connectivity index (χ1n) is 10.5. The number of hydrogen-bond acceptors (Lipinski definition) is 5. The van der Waals surface area contributed by atoms with Crippen LogP contribution in [0.15, 0.2) is 53.4 Å². The van der Waals surface area contributed by atoms with Gasteiger partial charge in [0.2, 0.25) is 10.0 Å². The van der Waals surface area contributed by atoms with Crippen LogP contribution in [0, 0.1) is 13.8 Å². The average molecular weight is 481 g/mol. The van der Waals surface area contributed by atoms with Gasteiger partial charge in [-0.25, -0.2) is 18.6 Å². The van der Waals surface area contributed by atoms with Gasteiger partial charge >= 0.3 is 0 Å². The summed E-state index contributed by atoms with van der Waals surface area (Å²) in [6.07, 6.45) is 1.56. The molecule has 3 aromatic rings. The summed E-state index contributed by atoms with van der Waals surface area (Å²) in [5.41, 5.74) is 5.43. The Labute approximate surface area is 196 Å². The van der Waals surface area contributed by atoms with E-state index in [1.54, 1.807) is 38.4 Å². The van der Waals surface area contributed by atoms with Crippen molar-refractivity contribution >= 4 is 39.2 Å². The number of amides is 2. The molecule has 10 heteroatoms. The molecule has 1 atom stereocenters. The number of rotatable bonds is 6. The third-order valence-electron chi connectivity index (χ3n) is 5.81. The Hall–Kier alpha value is -3.73. The maximum atomic E-state index is 13.1. The zero-order valence-electron chi connectivity index (χ0n) is 18.8. The summed E-state index contributed by atoms with van der Waals surface area (Å²) < 4.78 is 28.8. The number of hydrogen-bond donors (Lipinski definition) is 5. The molecule has 0 saturated carbocycles. The van der Waals surface area contributed by atoms with Crippen LogP contribution < -0.4 is 15.5 Å². The van der Waals surface area contributed by atoms with Crippen LogP contribution in [-0.4, -0.2) is 30.4 Å². The van der Waals surface area contributed by atoms with Gasteiger partial charge in [0, 0.05) is 28.7 Å². The van der Waals surface area contributed by atoms with Crippen LogP contribution in [0.25, 0.3) is 11.6 Å². The van der Waals surface area contributed by atoms with E-state index in [-0.39, 0.29) is 16.0 Å².